The summed E-state index contributed by atoms with van der Waals surface area (Å²) in [6.07, 6.45) is -1.14. The summed E-state index contributed by atoms with van der Waals surface area (Å²) in [5.74, 6) is -0.492. The van der Waals surface area contributed by atoms with Crippen molar-refractivity contribution in [3.63, 3.8) is 0 Å². The van der Waals surface area contributed by atoms with Crippen LogP contribution in [0.5, 0.6) is 0 Å². The third-order valence-corrected chi connectivity index (χ3v) is 3.38. The van der Waals surface area contributed by atoms with Crippen LogP contribution in [0.1, 0.15) is 5.56 Å². The first kappa shape index (κ1) is 14.2. The number of anilines is 1. The Bertz CT molecular complexity index is 913. The van der Waals surface area contributed by atoms with Crippen molar-refractivity contribution < 1.29 is 14.3 Å². The van der Waals surface area contributed by atoms with Gasteiger partial charge < -0.3 is 9.52 Å². The van der Waals surface area contributed by atoms with E-state index in [1.807, 2.05) is 0 Å². The summed E-state index contributed by atoms with van der Waals surface area (Å²) < 4.78 is 6.61. The average Bonchev–Trinajstić information content (AvgIpc) is 2.75. The lowest BCUT2D eigenvalue weighted by molar-refractivity contribution is 0.210. The van der Waals surface area contributed by atoms with Gasteiger partial charge in [-0.15, -0.1) is 0 Å². The molecule has 3 aromatic rings. The number of nitrogens with one attached hydrogen (secondary N) is 1. The van der Waals surface area contributed by atoms with E-state index < -0.39 is 11.8 Å². The number of nitrogens with zero attached hydrogens (tertiary/aromatic N) is 1. The van der Waals surface area contributed by atoms with Crippen LogP contribution in [0.2, 0.25) is 5.02 Å². The summed E-state index contributed by atoms with van der Waals surface area (Å²) in [5.41, 5.74) is 2.24. The minimum atomic E-state index is -1.14. The van der Waals surface area contributed by atoms with Gasteiger partial charge in [-0.3, -0.25) is 9.88 Å². The molecule has 0 aliphatic rings. The molecule has 0 aliphatic heterocycles. The Kier molecular flexibility index (Phi) is 3.60. The largest absolute Gasteiger partial charge is 0.465 e. The minimum Gasteiger partial charge on any atom is -0.465 e. The fraction of sp³-hybridized carbons (Fsp3) is 0.0667. The summed E-state index contributed by atoms with van der Waals surface area (Å²) >= 11 is 5.95. The quantitative estimate of drug-likeness (QED) is 0.775. The highest BCUT2D eigenvalue weighted by atomic mass is 35.5. The third-order valence-electron chi connectivity index (χ3n) is 3.15. The van der Waals surface area contributed by atoms with Crippen molar-refractivity contribution in [2.45, 2.75) is 6.54 Å². The van der Waals surface area contributed by atoms with E-state index >= 15 is 0 Å². The topological polar surface area (TPSA) is 84.5 Å². The Balaban J connectivity index is 1.99. The Morgan fingerprint density at radius 1 is 1.27 bits per heavy atom. The van der Waals surface area contributed by atoms with Crippen LogP contribution in [-0.2, 0) is 6.54 Å². The predicted octanol–water partition coefficient (Wildman–Crippen LogP) is 3.39. The third kappa shape index (κ3) is 2.82. The van der Waals surface area contributed by atoms with Gasteiger partial charge in [0.15, 0.2) is 5.58 Å². The van der Waals surface area contributed by atoms with Crippen LogP contribution in [0.3, 0.4) is 0 Å². The highest BCUT2D eigenvalue weighted by Gasteiger charge is 2.10. The van der Waals surface area contributed by atoms with Crippen LogP contribution in [0.4, 0.5) is 10.5 Å². The molecule has 1 aromatic heterocycles. The van der Waals surface area contributed by atoms with Gasteiger partial charge in [0.25, 0.3) is 0 Å². The van der Waals surface area contributed by atoms with Crippen molar-refractivity contribution in [3.8, 4) is 0 Å². The monoisotopic (exact) mass is 318 g/mol. The average molecular weight is 319 g/mol. The zero-order chi connectivity index (χ0) is 15.7. The number of benzene rings is 2. The second-order valence-electron chi connectivity index (χ2n) is 4.70. The van der Waals surface area contributed by atoms with E-state index in [1.165, 1.54) is 4.57 Å². The summed E-state index contributed by atoms with van der Waals surface area (Å²) in [4.78, 5) is 22.6. The molecule has 0 saturated heterocycles. The van der Waals surface area contributed by atoms with Crippen LogP contribution in [0, 0.1) is 0 Å². The van der Waals surface area contributed by atoms with Gasteiger partial charge in [-0.2, -0.15) is 0 Å². The van der Waals surface area contributed by atoms with Gasteiger partial charge in [-0.25, -0.2) is 9.59 Å². The second-order valence-corrected chi connectivity index (χ2v) is 5.13. The first-order valence-corrected chi connectivity index (χ1v) is 6.78. The van der Waals surface area contributed by atoms with Crippen LogP contribution in [-0.4, -0.2) is 15.8 Å². The molecule has 0 fully saturated rings. The van der Waals surface area contributed by atoms with E-state index in [0.717, 1.165) is 5.56 Å². The second kappa shape index (κ2) is 5.57. The molecule has 6 nitrogen and oxygen atoms in total. The molecule has 1 amide bonds. The van der Waals surface area contributed by atoms with Crippen LogP contribution < -0.4 is 11.1 Å². The summed E-state index contributed by atoms with van der Waals surface area (Å²) in [6.45, 7) is 0.251. The number of aromatic nitrogens is 1. The molecule has 0 atom stereocenters. The molecule has 1 heterocycles. The standard InChI is InChI=1S/C15H11ClN2O4/c16-10-4-5-13-12(7-10)18(15(21)22-13)8-9-2-1-3-11(6-9)17-14(19)20/h1-7,17H,8H2,(H,19,20). The number of halogens is 1. The number of hydrogen-bond acceptors (Lipinski definition) is 3. The molecule has 2 N–H and O–H groups in total. The van der Waals surface area contributed by atoms with Crippen molar-refractivity contribution in [2.24, 2.45) is 0 Å². The fourth-order valence-corrected chi connectivity index (χ4v) is 2.40. The number of carbonyl (C=O) groups is 1. The highest BCUT2D eigenvalue weighted by molar-refractivity contribution is 6.31. The van der Waals surface area contributed by atoms with Gasteiger partial charge in [-0.05, 0) is 35.9 Å². The molecule has 0 spiro atoms. The van der Waals surface area contributed by atoms with Gasteiger partial charge in [0.05, 0.1) is 12.1 Å². The van der Waals surface area contributed by atoms with E-state index in [2.05, 4.69) is 5.32 Å². The molecule has 3 rings (SSSR count). The Hall–Kier alpha value is -2.73. The van der Waals surface area contributed by atoms with Crippen molar-refractivity contribution in [3.05, 3.63) is 63.6 Å². The van der Waals surface area contributed by atoms with E-state index in [0.29, 0.717) is 21.8 Å². The van der Waals surface area contributed by atoms with Crippen molar-refractivity contribution in [1.82, 2.24) is 4.57 Å². The maximum Gasteiger partial charge on any atom is 0.420 e. The minimum absolute atomic E-state index is 0.251. The Morgan fingerprint density at radius 2 is 2.09 bits per heavy atom. The normalized spacial score (nSPS) is 10.8. The van der Waals surface area contributed by atoms with Gasteiger partial charge in [0.2, 0.25) is 0 Å². The van der Waals surface area contributed by atoms with E-state index in [1.54, 1.807) is 42.5 Å². The molecule has 7 heteroatoms. The SMILES string of the molecule is O=C(O)Nc1cccc(Cn2c(=O)oc3ccc(Cl)cc32)c1. The number of carboxylic acid groups (broad SMARTS) is 1. The lowest BCUT2D eigenvalue weighted by Gasteiger charge is -2.06. The molecule has 22 heavy (non-hydrogen) atoms. The van der Waals surface area contributed by atoms with Crippen LogP contribution in [0.25, 0.3) is 11.1 Å². The zero-order valence-electron chi connectivity index (χ0n) is 11.2. The van der Waals surface area contributed by atoms with Crippen molar-refractivity contribution >= 4 is 34.5 Å². The summed E-state index contributed by atoms with van der Waals surface area (Å²) in [7, 11) is 0. The molecule has 0 saturated carbocycles. The number of hydrogen-bond donors (Lipinski definition) is 2. The molecular formula is C15H11ClN2O4. The van der Waals surface area contributed by atoms with E-state index in [4.69, 9.17) is 21.1 Å². The molecule has 0 aliphatic carbocycles. The first-order chi connectivity index (χ1) is 10.5. The van der Waals surface area contributed by atoms with Crippen molar-refractivity contribution in [2.75, 3.05) is 5.32 Å². The van der Waals surface area contributed by atoms with E-state index in [9.17, 15) is 9.59 Å². The lowest BCUT2D eigenvalue weighted by Crippen LogP contribution is -2.15. The van der Waals surface area contributed by atoms with Gasteiger partial charge >= 0.3 is 11.8 Å². The Labute approximate surface area is 129 Å². The molecule has 2 aromatic carbocycles. The number of amides is 1. The number of fused-ring (bicyclic) bond motifs is 1. The predicted molar refractivity (Wildman–Crippen MR) is 82.7 cm³/mol. The fourth-order valence-electron chi connectivity index (χ4n) is 2.24. The molecule has 112 valence electrons. The first-order valence-electron chi connectivity index (χ1n) is 6.41. The maximum atomic E-state index is 12.0. The van der Waals surface area contributed by atoms with Gasteiger partial charge in [0.1, 0.15) is 0 Å². The zero-order valence-corrected chi connectivity index (χ0v) is 12.0. The molecule has 0 bridgehead atoms. The summed E-state index contributed by atoms with van der Waals surface area (Å²) in [5, 5.41) is 11.5. The smallest absolute Gasteiger partial charge is 0.420 e. The number of rotatable bonds is 3. The highest BCUT2D eigenvalue weighted by Crippen LogP contribution is 2.20. The van der Waals surface area contributed by atoms with Crippen LogP contribution >= 0.6 is 11.6 Å². The van der Waals surface area contributed by atoms with Gasteiger partial charge in [0, 0.05) is 10.7 Å². The number of oxazole rings is 1. The summed E-state index contributed by atoms with van der Waals surface area (Å²) in [6, 6.07) is 11.7. The van der Waals surface area contributed by atoms with Gasteiger partial charge in [-0.1, -0.05) is 23.7 Å². The molecule has 0 radical (unpaired) electrons. The Morgan fingerprint density at radius 3 is 2.86 bits per heavy atom. The molecular weight excluding hydrogens is 308 g/mol. The lowest BCUT2D eigenvalue weighted by atomic mass is 10.2. The van der Waals surface area contributed by atoms with Crippen LogP contribution in [0.15, 0.2) is 51.7 Å². The molecule has 0 unspecified atom stereocenters. The van der Waals surface area contributed by atoms with Crippen molar-refractivity contribution in [1.29, 1.82) is 0 Å². The van der Waals surface area contributed by atoms with E-state index in [-0.39, 0.29) is 6.54 Å². The maximum absolute atomic E-state index is 12.0.